The number of urea groups is 1. The van der Waals surface area contributed by atoms with Gasteiger partial charge in [-0.2, -0.15) is 0 Å². The van der Waals surface area contributed by atoms with Crippen LogP contribution >= 0.6 is 0 Å². The molecule has 1 aliphatic rings. The fraction of sp³-hybridized carbons (Fsp3) is 0.333. The van der Waals surface area contributed by atoms with Crippen LogP contribution in [-0.4, -0.2) is 40.7 Å². The van der Waals surface area contributed by atoms with Gasteiger partial charge in [0.15, 0.2) is 0 Å². The number of hydrogen-bond acceptors (Lipinski definition) is 3. The Bertz CT molecular complexity index is 966. The smallest absolute Gasteiger partial charge is 0.321 e. The Morgan fingerprint density at radius 1 is 1.22 bits per heavy atom. The topological polar surface area (TPSA) is 59.4 Å². The summed E-state index contributed by atoms with van der Waals surface area (Å²) in [5, 5.41) is 2.98. The molecule has 3 aromatic rings. The summed E-state index contributed by atoms with van der Waals surface area (Å²) >= 11 is 0. The molecule has 6 nitrogen and oxygen atoms in total. The van der Waals surface area contributed by atoms with E-state index in [1.165, 1.54) is 0 Å². The number of imidazole rings is 1. The van der Waals surface area contributed by atoms with E-state index in [2.05, 4.69) is 23.0 Å². The van der Waals surface area contributed by atoms with Gasteiger partial charge in [-0.3, -0.25) is 0 Å². The number of fused-ring (bicyclic) bond motifs is 1. The maximum absolute atomic E-state index is 12.7. The highest BCUT2D eigenvalue weighted by Gasteiger charge is 2.28. The number of rotatable bonds is 3. The van der Waals surface area contributed by atoms with Crippen molar-refractivity contribution in [1.82, 2.24) is 14.5 Å². The zero-order valence-electron chi connectivity index (χ0n) is 15.7. The van der Waals surface area contributed by atoms with Gasteiger partial charge in [0, 0.05) is 37.8 Å². The second kappa shape index (κ2) is 7.31. The van der Waals surface area contributed by atoms with Crippen LogP contribution in [0, 0.1) is 0 Å². The van der Waals surface area contributed by atoms with Crippen LogP contribution in [-0.2, 0) is 7.05 Å². The number of amides is 2. The van der Waals surface area contributed by atoms with Crippen LogP contribution < -0.4 is 10.1 Å². The van der Waals surface area contributed by atoms with Crippen LogP contribution in [0.2, 0.25) is 0 Å². The highest BCUT2D eigenvalue weighted by atomic mass is 16.5. The summed E-state index contributed by atoms with van der Waals surface area (Å²) in [4.78, 5) is 19.5. The molecule has 1 atom stereocenters. The second-order valence-corrected chi connectivity index (χ2v) is 6.97. The zero-order chi connectivity index (χ0) is 18.8. The maximum Gasteiger partial charge on any atom is 0.321 e. The number of nitrogens with one attached hydrogen (secondary N) is 1. The van der Waals surface area contributed by atoms with Crippen molar-refractivity contribution in [1.29, 1.82) is 0 Å². The SMILES string of the molecule is COc1cccc(NC(=O)N2CCCC(c3nc4ccccc4n3C)C2)c1. The molecule has 1 N–H and O–H groups in total. The van der Waals surface area contributed by atoms with Gasteiger partial charge in [0.05, 0.1) is 18.1 Å². The third-order valence-electron chi connectivity index (χ3n) is 5.22. The van der Waals surface area contributed by atoms with Gasteiger partial charge >= 0.3 is 6.03 Å². The van der Waals surface area contributed by atoms with Gasteiger partial charge in [-0.05, 0) is 37.1 Å². The Kier molecular flexibility index (Phi) is 4.71. The third kappa shape index (κ3) is 3.47. The lowest BCUT2D eigenvalue weighted by molar-refractivity contribution is 0.191. The Morgan fingerprint density at radius 3 is 2.89 bits per heavy atom. The van der Waals surface area contributed by atoms with Crippen molar-refractivity contribution < 1.29 is 9.53 Å². The predicted molar refractivity (Wildman–Crippen MR) is 106 cm³/mol. The van der Waals surface area contributed by atoms with Gasteiger partial charge in [0.2, 0.25) is 0 Å². The number of likely N-dealkylation sites (tertiary alicyclic amines) is 1. The van der Waals surface area contributed by atoms with Crippen molar-refractivity contribution in [2.75, 3.05) is 25.5 Å². The summed E-state index contributed by atoms with van der Waals surface area (Å²) in [6.45, 7) is 1.43. The Balaban J connectivity index is 1.50. The lowest BCUT2D eigenvalue weighted by Gasteiger charge is -2.32. The van der Waals surface area contributed by atoms with Crippen molar-refractivity contribution in [3.05, 3.63) is 54.4 Å². The molecule has 1 unspecified atom stereocenters. The first-order valence-corrected chi connectivity index (χ1v) is 9.27. The molecule has 4 rings (SSSR count). The number of piperidine rings is 1. The molecule has 0 aliphatic carbocycles. The van der Waals surface area contributed by atoms with Crippen LogP contribution in [0.4, 0.5) is 10.5 Å². The van der Waals surface area contributed by atoms with E-state index in [1.807, 2.05) is 47.4 Å². The van der Waals surface area contributed by atoms with Gasteiger partial charge in [-0.1, -0.05) is 18.2 Å². The average molecular weight is 364 g/mol. The summed E-state index contributed by atoms with van der Waals surface area (Å²) in [5.74, 6) is 2.02. The van der Waals surface area contributed by atoms with E-state index in [-0.39, 0.29) is 11.9 Å². The average Bonchev–Trinajstić information content (AvgIpc) is 3.05. The number of ether oxygens (including phenoxy) is 1. The number of carbonyl (C=O) groups is 1. The van der Waals surface area contributed by atoms with Gasteiger partial charge < -0.3 is 19.5 Å². The molecule has 2 amide bonds. The lowest BCUT2D eigenvalue weighted by Crippen LogP contribution is -2.42. The highest BCUT2D eigenvalue weighted by Crippen LogP contribution is 2.29. The minimum absolute atomic E-state index is 0.0771. The van der Waals surface area contributed by atoms with E-state index < -0.39 is 0 Å². The number of benzene rings is 2. The summed E-state index contributed by atoms with van der Waals surface area (Å²) in [5.41, 5.74) is 2.88. The third-order valence-corrected chi connectivity index (χ3v) is 5.22. The fourth-order valence-corrected chi connectivity index (χ4v) is 3.81. The van der Waals surface area contributed by atoms with Crippen molar-refractivity contribution in [2.24, 2.45) is 7.05 Å². The van der Waals surface area contributed by atoms with E-state index in [9.17, 15) is 4.79 Å². The van der Waals surface area contributed by atoms with E-state index in [0.29, 0.717) is 6.54 Å². The Morgan fingerprint density at radius 2 is 2.07 bits per heavy atom. The van der Waals surface area contributed by atoms with E-state index >= 15 is 0 Å². The van der Waals surface area contributed by atoms with Crippen molar-refractivity contribution in [2.45, 2.75) is 18.8 Å². The predicted octanol–water partition coefficient (Wildman–Crippen LogP) is 3.99. The molecule has 0 bridgehead atoms. The van der Waals surface area contributed by atoms with Crippen LogP contribution in [0.15, 0.2) is 48.5 Å². The zero-order valence-corrected chi connectivity index (χ0v) is 15.7. The minimum Gasteiger partial charge on any atom is -0.497 e. The molecule has 2 heterocycles. The van der Waals surface area contributed by atoms with Gasteiger partial charge in [-0.15, -0.1) is 0 Å². The number of anilines is 1. The Labute approximate surface area is 158 Å². The first-order valence-electron chi connectivity index (χ1n) is 9.27. The monoisotopic (exact) mass is 364 g/mol. The van der Waals surface area contributed by atoms with Crippen molar-refractivity contribution in [3.8, 4) is 5.75 Å². The van der Waals surface area contributed by atoms with Crippen LogP contribution in [0.3, 0.4) is 0 Å². The normalized spacial score (nSPS) is 17.1. The number of aryl methyl sites for hydroxylation is 1. The molecule has 2 aromatic carbocycles. The van der Waals surface area contributed by atoms with Crippen molar-refractivity contribution >= 4 is 22.8 Å². The first-order chi connectivity index (χ1) is 13.2. The van der Waals surface area contributed by atoms with Crippen LogP contribution in [0.25, 0.3) is 11.0 Å². The summed E-state index contributed by atoms with van der Waals surface area (Å²) in [7, 11) is 3.67. The van der Waals surface area contributed by atoms with E-state index in [1.54, 1.807) is 7.11 Å². The Hall–Kier alpha value is -3.02. The molecule has 6 heteroatoms. The van der Waals surface area contributed by atoms with E-state index in [0.717, 1.165) is 47.7 Å². The summed E-state index contributed by atoms with van der Waals surface area (Å²) in [6.07, 6.45) is 2.01. The van der Waals surface area contributed by atoms with Crippen molar-refractivity contribution in [3.63, 3.8) is 0 Å². The molecular formula is C21H24N4O2. The summed E-state index contributed by atoms with van der Waals surface area (Å²) < 4.78 is 7.38. The van der Waals surface area contributed by atoms with Crippen LogP contribution in [0.5, 0.6) is 5.75 Å². The van der Waals surface area contributed by atoms with E-state index in [4.69, 9.17) is 9.72 Å². The standard InChI is InChI=1S/C21H24N4O2/c1-24-19-11-4-3-10-18(19)23-20(24)15-7-6-12-25(14-15)21(26)22-16-8-5-9-17(13-16)27-2/h3-5,8-11,13,15H,6-7,12,14H2,1-2H3,(H,22,26). The fourth-order valence-electron chi connectivity index (χ4n) is 3.81. The molecule has 0 saturated carbocycles. The molecule has 0 spiro atoms. The summed E-state index contributed by atoms with van der Waals surface area (Å²) in [6, 6.07) is 15.5. The number of carbonyl (C=O) groups excluding carboxylic acids is 1. The first kappa shape index (κ1) is 17.4. The number of aromatic nitrogens is 2. The number of methoxy groups -OCH3 is 1. The van der Waals surface area contributed by atoms with Gasteiger partial charge in [0.1, 0.15) is 11.6 Å². The maximum atomic E-state index is 12.7. The minimum atomic E-state index is -0.0771. The molecule has 0 radical (unpaired) electrons. The lowest BCUT2D eigenvalue weighted by atomic mass is 9.97. The number of para-hydroxylation sites is 2. The molecule has 1 aromatic heterocycles. The molecule has 1 saturated heterocycles. The molecular weight excluding hydrogens is 340 g/mol. The molecule has 1 aliphatic heterocycles. The molecule has 27 heavy (non-hydrogen) atoms. The quantitative estimate of drug-likeness (QED) is 0.764. The van der Waals surface area contributed by atoms with Gasteiger partial charge in [-0.25, -0.2) is 9.78 Å². The van der Waals surface area contributed by atoms with Gasteiger partial charge in [0.25, 0.3) is 0 Å². The molecule has 140 valence electrons. The molecule has 1 fully saturated rings. The number of hydrogen-bond donors (Lipinski definition) is 1. The number of nitrogens with zero attached hydrogens (tertiary/aromatic N) is 3. The van der Waals surface area contributed by atoms with Crippen LogP contribution in [0.1, 0.15) is 24.6 Å². The largest absolute Gasteiger partial charge is 0.497 e. The highest BCUT2D eigenvalue weighted by molar-refractivity contribution is 5.89. The second-order valence-electron chi connectivity index (χ2n) is 6.97.